The molecule has 0 N–H and O–H groups in total. The van der Waals surface area contributed by atoms with Crippen molar-refractivity contribution in [2.45, 2.75) is 58.8 Å². The summed E-state index contributed by atoms with van der Waals surface area (Å²) in [4.78, 5) is 0. The van der Waals surface area contributed by atoms with Crippen LogP contribution < -0.4 is 0 Å². The van der Waals surface area contributed by atoms with Crippen molar-refractivity contribution in [3.63, 3.8) is 0 Å². The van der Waals surface area contributed by atoms with E-state index in [1.165, 1.54) is 44.9 Å². The van der Waals surface area contributed by atoms with Gasteiger partial charge in [-0.05, 0) is 19.8 Å². The van der Waals surface area contributed by atoms with Crippen molar-refractivity contribution in [1.29, 1.82) is 0 Å². The van der Waals surface area contributed by atoms with Crippen LogP contribution in [0.4, 0.5) is 0 Å². The molecule has 0 saturated heterocycles. The molecule has 0 amide bonds. The molecule has 0 unspecified atom stereocenters. The average molecular weight is 206 g/mol. The first-order valence-electron chi connectivity index (χ1n) is 6.36. The van der Waals surface area contributed by atoms with Gasteiger partial charge in [0.1, 0.15) is 0 Å². The van der Waals surface area contributed by atoms with Gasteiger partial charge in [0.2, 0.25) is 0 Å². The van der Waals surface area contributed by atoms with E-state index in [1.54, 1.807) is 0 Å². The number of hydrogen-bond donors (Lipinski definition) is 0. The quantitative estimate of drug-likeness (QED) is 0.349. The van der Waals surface area contributed by atoms with E-state index in [2.05, 4.69) is 37.3 Å². The van der Waals surface area contributed by atoms with Crippen LogP contribution in [0.1, 0.15) is 58.8 Å². The summed E-state index contributed by atoms with van der Waals surface area (Å²) in [5.74, 6) is 0. The summed E-state index contributed by atoms with van der Waals surface area (Å²) < 4.78 is 0. The summed E-state index contributed by atoms with van der Waals surface area (Å²) in [7, 11) is 0. The molecule has 0 aromatic carbocycles. The molecular formula is C15H26. The third-order valence-corrected chi connectivity index (χ3v) is 2.39. The van der Waals surface area contributed by atoms with Gasteiger partial charge < -0.3 is 0 Å². The lowest BCUT2D eigenvalue weighted by molar-refractivity contribution is 0.611. The summed E-state index contributed by atoms with van der Waals surface area (Å²) in [6.07, 6.45) is 22.2. The molecule has 0 spiro atoms. The van der Waals surface area contributed by atoms with Crippen LogP contribution in [0.5, 0.6) is 0 Å². The van der Waals surface area contributed by atoms with Crippen LogP contribution in [-0.2, 0) is 0 Å². The van der Waals surface area contributed by atoms with Gasteiger partial charge in [-0.2, -0.15) is 0 Å². The molecule has 0 fully saturated rings. The number of allylic oxidation sites excluding steroid dienone is 6. The van der Waals surface area contributed by atoms with Crippen LogP contribution in [0.2, 0.25) is 0 Å². The van der Waals surface area contributed by atoms with Crippen molar-refractivity contribution in [2.24, 2.45) is 0 Å². The molecule has 0 radical (unpaired) electrons. The Hall–Kier alpha value is -0.780. The Kier molecular flexibility index (Phi) is 12.5. The summed E-state index contributed by atoms with van der Waals surface area (Å²) in [5, 5.41) is 0. The molecule has 0 bridgehead atoms. The first-order chi connectivity index (χ1) is 7.41. The van der Waals surface area contributed by atoms with E-state index in [0.717, 1.165) is 0 Å². The molecule has 86 valence electrons. The maximum atomic E-state index is 2.26. The molecule has 0 rings (SSSR count). The van der Waals surface area contributed by atoms with Crippen molar-refractivity contribution in [2.75, 3.05) is 0 Å². The first-order valence-corrected chi connectivity index (χ1v) is 6.36. The van der Waals surface area contributed by atoms with Gasteiger partial charge in [-0.25, -0.2) is 0 Å². The normalized spacial score (nSPS) is 12.4. The average Bonchev–Trinajstić information content (AvgIpc) is 2.26. The molecule has 15 heavy (non-hydrogen) atoms. The number of hydrogen-bond acceptors (Lipinski definition) is 0. The molecule has 0 heteroatoms. The summed E-state index contributed by atoms with van der Waals surface area (Å²) in [6.45, 7) is 4.30. The molecule has 0 aliphatic heterocycles. The Bertz CT molecular complexity index is 184. The van der Waals surface area contributed by atoms with Crippen LogP contribution >= 0.6 is 0 Å². The Labute approximate surface area is 95.8 Å². The largest absolute Gasteiger partial charge is 0.0877 e. The first kappa shape index (κ1) is 14.2. The number of rotatable bonds is 9. The molecule has 0 atom stereocenters. The SMILES string of the molecule is C/C=C/C=C/C=C/CCCCCCCC. The van der Waals surface area contributed by atoms with Gasteiger partial charge in [0, 0.05) is 0 Å². The van der Waals surface area contributed by atoms with Crippen LogP contribution in [0.3, 0.4) is 0 Å². The topological polar surface area (TPSA) is 0 Å². The molecule has 0 aliphatic rings. The third kappa shape index (κ3) is 13.2. The molecule has 0 aromatic rings. The van der Waals surface area contributed by atoms with Gasteiger partial charge >= 0.3 is 0 Å². The minimum atomic E-state index is 1.23. The fourth-order valence-electron chi connectivity index (χ4n) is 1.46. The van der Waals surface area contributed by atoms with Crippen LogP contribution in [0.15, 0.2) is 36.5 Å². The highest BCUT2D eigenvalue weighted by atomic mass is 13.9. The van der Waals surface area contributed by atoms with Gasteiger partial charge in [0.25, 0.3) is 0 Å². The second-order valence-corrected chi connectivity index (χ2v) is 3.90. The zero-order valence-corrected chi connectivity index (χ0v) is 10.4. The lowest BCUT2D eigenvalue weighted by Gasteiger charge is -1.97. The molecule has 0 aromatic heterocycles. The van der Waals surface area contributed by atoms with Crippen molar-refractivity contribution in [3.8, 4) is 0 Å². The summed E-state index contributed by atoms with van der Waals surface area (Å²) >= 11 is 0. The maximum Gasteiger partial charge on any atom is -0.0348 e. The van der Waals surface area contributed by atoms with E-state index in [4.69, 9.17) is 0 Å². The van der Waals surface area contributed by atoms with E-state index in [1.807, 2.05) is 13.0 Å². The monoisotopic (exact) mass is 206 g/mol. The van der Waals surface area contributed by atoms with E-state index >= 15 is 0 Å². The van der Waals surface area contributed by atoms with E-state index in [-0.39, 0.29) is 0 Å². The minimum absolute atomic E-state index is 1.23. The van der Waals surface area contributed by atoms with Crippen molar-refractivity contribution < 1.29 is 0 Å². The highest BCUT2D eigenvalue weighted by molar-refractivity contribution is 5.10. The summed E-state index contributed by atoms with van der Waals surface area (Å²) in [5.41, 5.74) is 0. The van der Waals surface area contributed by atoms with E-state index in [0.29, 0.717) is 0 Å². The third-order valence-electron chi connectivity index (χ3n) is 2.39. The lowest BCUT2D eigenvalue weighted by atomic mass is 10.1. The Morgan fingerprint density at radius 2 is 1.40 bits per heavy atom. The molecular weight excluding hydrogens is 180 g/mol. The van der Waals surface area contributed by atoms with Gasteiger partial charge in [0.15, 0.2) is 0 Å². The van der Waals surface area contributed by atoms with E-state index < -0.39 is 0 Å². The lowest BCUT2D eigenvalue weighted by Crippen LogP contribution is -1.77. The van der Waals surface area contributed by atoms with Crippen molar-refractivity contribution in [3.05, 3.63) is 36.5 Å². The summed E-state index contributed by atoms with van der Waals surface area (Å²) in [6, 6.07) is 0. The zero-order valence-electron chi connectivity index (χ0n) is 10.4. The van der Waals surface area contributed by atoms with Gasteiger partial charge in [-0.1, -0.05) is 75.5 Å². The van der Waals surface area contributed by atoms with Gasteiger partial charge in [-0.3, -0.25) is 0 Å². The number of unbranched alkanes of at least 4 members (excludes halogenated alkanes) is 6. The fraction of sp³-hybridized carbons (Fsp3) is 0.600. The molecule has 0 nitrogen and oxygen atoms in total. The Morgan fingerprint density at radius 3 is 2.13 bits per heavy atom. The van der Waals surface area contributed by atoms with Gasteiger partial charge in [0.05, 0.1) is 0 Å². The Balaban J connectivity index is 3.16. The highest BCUT2D eigenvalue weighted by Gasteiger charge is 1.87. The maximum absolute atomic E-state index is 2.26. The van der Waals surface area contributed by atoms with Crippen LogP contribution in [-0.4, -0.2) is 0 Å². The standard InChI is InChI=1S/C15H26/c1-3-5-7-9-11-13-15-14-12-10-8-6-4-2/h3,5,7,9,11,13H,4,6,8,10,12,14-15H2,1-2H3/b5-3+,9-7+,13-11+. The zero-order chi connectivity index (χ0) is 11.2. The minimum Gasteiger partial charge on any atom is -0.0877 e. The molecule has 0 saturated carbocycles. The predicted octanol–water partition coefficient (Wildman–Crippen LogP) is 5.43. The molecule has 0 heterocycles. The van der Waals surface area contributed by atoms with Crippen molar-refractivity contribution in [1.82, 2.24) is 0 Å². The van der Waals surface area contributed by atoms with E-state index in [9.17, 15) is 0 Å². The second-order valence-electron chi connectivity index (χ2n) is 3.90. The van der Waals surface area contributed by atoms with Crippen molar-refractivity contribution >= 4 is 0 Å². The highest BCUT2D eigenvalue weighted by Crippen LogP contribution is 2.06. The fourth-order valence-corrected chi connectivity index (χ4v) is 1.46. The second kappa shape index (κ2) is 13.2. The Morgan fingerprint density at radius 1 is 0.733 bits per heavy atom. The van der Waals surface area contributed by atoms with Gasteiger partial charge in [-0.15, -0.1) is 0 Å². The van der Waals surface area contributed by atoms with Crippen LogP contribution in [0, 0.1) is 0 Å². The smallest absolute Gasteiger partial charge is 0.0348 e. The predicted molar refractivity (Wildman–Crippen MR) is 71.1 cm³/mol. The molecule has 0 aliphatic carbocycles. The van der Waals surface area contributed by atoms with Crippen LogP contribution in [0.25, 0.3) is 0 Å².